The van der Waals surface area contributed by atoms with E-state index in [0.29, 0.717) is 29.7 Å². The van der Waals surface area contributed by atoms with E-state index in [1.165, 1.54) is 4.57 Å². The summed E-state index contributed by atoms with van der Waals surface area (Å²) in [6, 6.07) is 9.27. The largest absolute Gasteiger partial charge is 0.349 e. The van der Waals surface area contributed by atoms with Crippen LogP contribution >= 0.6 is 0 Å². The number of nitrogens with zero attached hydrogens (tertiary/aromatic N) is 1. The van der Waals surface area contributed by atoms with Crippen molar-refractivity contribution in [3.05, 3.63) is 63.6 Å². The first kappa shape index (κ1) is 16.8. The normalized spacial score (nSPS) is 18.3. The SMILES string of the molecule is CC1(C)CC(=O)c2cn(-c3ccccc3)c(=O)c(C(=O)NC3CC3)c2C1. The first-order chi connectivity index (χ1) is 12.4. The van der Waals surface area contributed by atoms with Crippen LogP contribution in [0.5, 0.6) is 0 Å². The van der Waals surface area contributed by atoms with Crippen molar-refractivity contribution in [1.82, 2.24) is 9.88 Å². The second-order valence-electron chi connectivity index (χ2n) is 8.10. The van der Waals surface area contributed by atoms with Crippen molar-refractivity contribution in [2.24, 2.45) is 5.41 Å². The maximum absolute atomic E-state index is 13.2. The lowest BCUT2D eigenvalue weighted by Crippen LogP contribution is -2.39. The third kappa shape index (κ3) is 2.98. The third-order valence-corrected chi connectivity index (χ3v) is 5.09. The van der Waals surface area contributed by atoms with Gasteiger partial charge in [-0.05, 0) is 42.4 Å². The predicted molar refractivity (Wildman–Crippen MR) is 99.0 cm³/mol. The number of nitrogens with one attached hydrogen (secondary N) is 1. The minimum absolute atomic E-state index is 0.0126. The topological polar surface area (TPSA) is 68.2 Å². The van der Waals surface area contributed by atoms with Crippen LogP contribution in [0.1, 0.15) is 59.4 Å². The molecule has 0 aliphatic heterocycles. The van der Waals surface area contributed by atoms with Crippen LogP contribution in [0.3, 0.4) is 0 Å². The molecule has 0 unspecified atom stereocenters. The summed E-state index contributed by atoms with van der Waals surface area (Å²) in [5, 5.41) is 2.92. The number of aromatic nitrogens is 1. The lowest BCUT2D eigenvalue weighted by atomic mass is 9.73. The zero-order valence-corrected chi connectivity index (χ0v) is 15.0. The van der Waals surface area contributed by atoms with Gasteiger partial charge >= 0.3 is 0 Å². The first-order valence-corrected chi connectivity index (χ1v) is 9.04. The second kappa shape index (κ2) is 5.94. The van der Waals surface area contributed by atoms with E-state index in [-0.39, 0.29) is 34.3 Å². The summed E-state index contributed by atoms with van der Waals surface area (Å²) in [7, 11) is 0. The van der Waals surface area contributed by atoms with Gasteiger partial charge in [-0.3, -0.25) is 19.0 Å². The Morgan fingerprint density at radius 1 is 1.12 bits per heavy atom. The highest BCUT2D eigenvalue weighted by molar-refractivity contribution is 6.04. The molecule has 0 bridgehead atoms. The molecule has 134 valence electrons. The number of carbonyl (C=O) groups is 2. The molecule has 0 saturated heterocycles. The molecule has 1 fully saturated rings. The Morgan fingerprint density at radius 3 is 2.46 bits per heavy atom. The molecule has 1 heterocycles. The molecule has 1 N–H and O–H groups in total. The fourth-order valence-corrected chi connectivity index (χ4v) is 3.64. The van der Waals surface area contributed by atoms with Crippen molar-refractivity contribution >= 4 is 11.7 Å². The van der Waals surface area contributed by atoms with E-state index >= 15 is 0 Å². The van der Waals surface area contributed by atoms with Gasteiger partial charge in [0.15, 0.2) is 5.78 Å². The van der Waals surface area contributed by atoms with Gasteiger partial charge in [-0.15, -0.1) is 0 Å². The molecule has 5 heteroatoms. The van der Waals surface area contributed by atoms with Crippen LogP contribution in [0, 0.1) is 5.41 Å². The molecule has 1 aromatic carbocycles. The van der Waals surface area contributed by atoms with Gasteiger partial charge in [-0.2, -0.15) is 0 Å². The molecule has 1 amide bonds. The Bertz CT molecular complexity index is 953. The lowest BCUT2D eigenvalue weighted by molar-refractivity contribution is 0.0909. The maximum atomic E-state index is 13.2. The number of para-hydroxylation sites is 1. The number of fused-ring (bicyclic) bond motifs is 1. The highest BCUT2D eigenvalue weighted by Gasteiger charge is 2.36. The highest BCUT2D eigenvalue weighted by atomic mass is 16.2. The van der Waals surface area contributed by atoms with Gasteiger partial charge in [0, 0.05) is 29.9 Å². The second-order valence-corrected chi connectivity index (χ2v) is 8.10. The van der Waals surface area contributed by atoms with Gasteiger partial charge in [0.1, 0.15) is 5.56 Å². The number of benzene rings is 1. The van der Waals surface area contributed by atoms with E-state index in [2.05, 4.69) is 5.32 Å². The molecular weight excluding hydrogens is 328 g/mol. The quantitative estimate of drug-likeness (QED) is 0.925. The van der Waals surface area contributed by atoms with E-state index in [0.717, 1.165) is 12.8 Å². The average Bonchev–Trinajstić information content (AvgIpc) is 3.38. The Morgan fingerprint density at radius 2 is 1.81 bits per heavy atom. The summed E-state index contributed by atoms with van der Waals surface area (Å²) in [5.41, 5.74) is 1.25. The summed E-state index contributed by atoms with van der Waals surface area (Å²) < 4.78 is 1.43. The predicted octanol–water partition coefficient (Wildman–Crippen LogP) is 2.88. The van der Waals surface area contributed by atoms with Crippen molar-refractivity contribution in [1.29, 1.82) is 0 Å². The fraction of sp³-hybridized carbons (Fsp3) is 0.381. The van der Waals surface area contributed by atoms with Gasteiger partial charge in [-0.25, -0.2) is 0 Å². The summed E-state index contributed by atoms with van der Waals surface area (Å²) in [5.74, 6) is -0.370. The Kier molecular flexibility index (Phi) is 3.83. The maximum Gasteiger partial charge on any atom is 0.268 e. The molecular formula is C21H22N2O3. The molecule has 0 spiro atoms. The standard InChI is InChI=1S/C21H22N2O3/c1-21(2)10-15-16(17(24)11-21)12-23(14-6-4-3-5-7-14)20(26)18(15)19(25)22-13-8-9-13/h3-7,12-13H,8-11H2,1-2H3,(H,22,25). The monoisotopic (exact) mass is 350 g/mol. The van der Waals surface area contributed by atoms with E-state index in [1.807, 2.05) is 32.0 Å². The van der Waals surface area contributed by atoms with Crippen LogP contribution < -0.4 is 10.9 Å². The number of amides is 1. The van der Waals surface area contributed by atoms with Gasteiger partial charge in [0.2, 0.25) is 0 Å². The molecule has 0 radical (unpaired) electrons. The molecule has 2 aromatic rings. The molecule has 1 saturated carbocycles. The molecule has 26 heavy (non-hydrogen) atoms. The average molecular weight is 350 g/mol. The highest BCUT2D eigenvalue weighted by Crippen LogP contribution is 2.36. The van der Waals surface area contributed by atoms with Crippen molar-refractivity contribution in [3.63, 3.8) is 0 Å². The number of ketones is 1. The van der Waals surface area contributed by atoms with Crippen LogP contribution in [0.4, 0.5) is 0 Å². The summed E-state index contributed by atoms with van der Waals surface area (Å²) in [6.07, 6.45) is 4.46. The van der Waals surface area contributed by atoms with Crippen molar-refractivity contribution in [2.45, 2.75) is 45.6 Å². The van der Waals surface area contributed by atoms with Crippen LogP contribution in [0.25, 0.3) is 5.69 Å². The molecule has 0 atom stereocenters. The number of carbonyl (C=O) groups excluding carboxylic acids is 2. The number of hydrogen-bond donors (Lipinski definition) is 1. The van der Waals surface area contributed by atoms with Gasteiger partial charge in [0.25, 0.3) is 11.5 Å². The smallest absolute Gasteiger partial charge is 0.268 e. The Hall–Kier alpha value is -2.69. The molecule has 1 aromatic heterocycles. The van der Waals surface area contributed by atoms with Crippen molar-refractivity contribution in [2.75, 3.05) is 0 Å². The van der Waals surface area contributed by atoms with E-state index in [1.54, 1.807) is 18.3 Å². The first-order valence-electron chi connectivity index (χ1n) is 9.04. The van der Waals surface area contributed by atoms with E-state index in [4.69, 9.17) is 0 Å². The van der Waals surface area contributed by atoms with Crippen LogP contribution in [0.2, 0.25) is 0 Å². The zero-order valence-electron chi connectivity index (χ0n) is 15.0. The Labute approximate surface area is 152 Å². The van der Waals surface area contributed by atoms with Crippen molar-refractivity contribution < 1.29 is 9.59 Å². The lowest BCUT2D eigenvalue weighted by Gasteiger charge is -2.31. The van der Waals surface area contributed by atoms with E-state index in [9.17, 15) is 14.4 Å². The van der Waals surface area contributed by atoms with Gasteiger partial charge < -0.3 is 5.32 Å². The third-order valence-electron chi connectivity index (χ3n) is 5.09. The number of Topliss-reactive ketones (excluding diaryl/α,β-unsaturated/α-hetero) is 1. The molecule has 5 nitrogen and oxygen atoms in total. The minimum atomic E-state index is -0.362. The summed E-state index contributed by atoms with van der Waals surface area (Å²) >= 11 is 0. The van der Waals surface area contributed by atoms with Gasteiger partial charge in [-0.1, -0.05) is 32.0 Å². The zero-order chi connectivity index (χ0) is 18.5. The summed E-state index contributed by atoms with van der Waals surface area (Å²) in [6.45, 7) is 4.00. The van der Waals surface area contributed by atoms with Crippen LogP contribution in [-0.4, -0.2) is 22.3 Å². The van der Waals surface area contributed by atoms with Crippen LogP contribution in [0.15, 0.2) is 41.3 Å². The van der Waals surface area contributed by atoms with Gasteiger partial charge in [0.05, 0.1) is 0 Å². The van der Waals surface area contributed by atoms with Crippen LogP contribution in [-0.2, 0) is 6.42 Å². The molecule has 2 aliphatic rings. The Balaban J connectivity index is 1.94. The van der Waals surface area contributed by atoms with Crippen molar-refractivity contribution in [3.8, 4) is 5.69 Å². The molecule has 2 aliphatic carbocycles. The summed E-state index contributed by atoms with van der Waals surface area (Å²) in [4.78, 5) is 38.8. The number of rotatable bonds is 3. The number of hydrogen-bond acceptors (Lipinski definition) is 3. The van der Waals surface area contributed by atoms with E-state index < -0.39 is 0 Å². The number of pyridine rings is 1. The molecule has 4 rings (SSSR count). The minimum Gasteiger partial charge on any atom is -0.349 e. The fourth-order valence-electron chi connectivity index (χ4n) is 3.64.